The van der Waals surface area contributed by atoms with Crippen LogP contribution in [0.4, 0.5) is 13.2 Å². The summed E-state index contributed by atoms with van der Waals surface area (Å²) in [4.78, 5) is 22.7. The van der Waals surface area contributed by atoms with Crippen molar-refractivity contribution >= 4 is 16.8 Å². The third kappa shape index (κ3) is 4.22. The number of carbonyl (C=O) groups is 1. The number of alkyl halides is 3. The van der Waals surface area contributed by atoms with Crippen LogP contribution in [0, 0.1) is 5.41 Å². The summed E-state index contributed by atoms with van der Waals surface area (Å²) in [5, 5.41) is 0.748. The average molecular weight is 415 g/mol. The van der Waals surface area contributed by atoms with Gasteiger partial charge in [-0.15, -0.1) is 0 Å². The Morgan fingerprint density at radius 3 is 2.57 bits per heavy atom. The number of pyridine rings is 2. The predicted molar refractivity (Wildman–Crippen MR) is 105 cm³/mol. The van der Waals surface area contributed by atoms with Gasteiger partial charge in [0.2, 0.25) is 5.88 Å². The number of amides is 1. The van der Waals surface area contributed by atoms with Crippen LogP contribution in [0.3, 0.4) is 0 Å². The van der Waals surface area contributed by atoms with Gasteiger partial charge in [0.1, 0.15) is 11.4 Å². The van der Waals surface area contributed by atoms with Crippen LogP contribution >= 0.6 is 0 Å². The van der Waals surface area contributed by atoms with E-state index < -0.39 is 11.7 Å². The van der Waals surface area contributed by atoms with Crippen molar-refractivity contribution in [2.24, 2.45) is 5.41 Å². The first-order valence-electron chi connectivity index (χ1n) is 9.52. The van der Waals surface area contributed by atoms with Crippen molar-refractivity contribution in [2.75, 3.05) is 13.1 Å². The van der Waals surface area contributed by atoms with E-state index in [0.29, 0.717) is 23.5 Å². The van der Waals surface area contributed by atoms with Crippen molar-refractivity contribution in [3.63, 3.8) is 0 Å². The van der Waals surface area contributed by atoms with E-state index in [1.54, 1.807) is 30.3 Å². The lowest BCUT2D eigenvalue weighted by atomic mass is 9.93. The third-order valence-corrected chi connectivity index (χ3v) is 5.13. The molecule has 8 heteroatoms. The number of nitrogens with zero attached hydrogens (tertiary/aromatic N) is 3. The Kier molecular flexibility index (Phi) is 4.88. The summed E-state index contributed by atoms with van der Waals surface area (Å²) < 4.78 is 43.5. The van der Waals surface area contributed by atoms with Gasteiger partial charge >= 0.3 is 6.18 Å². The van der Waals surface area contributed by atoms with Crippen molar-refractivity contribution in [2.45, 2.75) is 26.4 Å². The SMILES string of the molecule is CC1(C)CCN(C(=O)c2ccc3cc(Oc4ccc(C(F)(F)F)cn4)ccc3n2)C1. The molecule has 0 saturated carbocycles. The van der Waals surface area contributed by atoms with Gasteiger partial charge in [-0.1, -0.05) is 19.9 Å². The molecule has 156 valence electrons. The number of halogens is 3. The molecular formula is C22H20F3N3O2. The molecule has 3 heterocycles. The van der Waals surface area contributed by atoms with Crippen molar-refractivity contribution in [3.05, 3.63) is 59.9 Å². The number of carbonyl (C=O) groups excluding carboxylic acids is 1. The maximum Gasteiger partial charge on any atom is 0.417 e. The van der Waals surface area contributed by atoms with E-state index in [1.807, 2.05) is 4.90 Å². The number of aromatic nitrogens is 2. The Morgan fingerprint density at radius 1 is 1.13 bits per heavy atom. The quantitative estimate of drug-likeness (QED) is 0.582. The monoisotopic (exact) mass is 415 g/mol. The number of likely N-dealkylation sites (tertiary alicyclic amines) is 1. The highest BCUT2D eigenvalue weighted by molar-refractivity contribution is 5.95. The zero-order valence-electron chi connectivity index (χ0n) is 16.5. The maximum absolute atomic E-state index is 12.7. The molecule has 1 amide bonds. The molecule has 1 aliphatic rings. The second kappa shape index (κ2) is 7.27. The fourth-order valence-corrected chi connectivity index (χ4v) is 3.46. The number of hydrogen-bond donors (Lipinski definition) is 0. The first kappa shape index (κ1) is 20.1. The van der Waals surface area contributed by atoms with Crippen molar-refractivity contribution in [3.8, 4) is 11.6 Å². The second-order valence-corrected chi connectivity index (χ2v) is 8.18. The highest BCUT2D eigenvalue weighted by Gasteiger charge is 2.33. The van der Waals surface area contributed by atoms with Gasteiger partial charge in [-0.3, -0.25) is 4.79 Å². The van der Waals surface area contributed by atoms with Crippen LogP contribution < -0.4 is 4.74 Å². The summed E-state index contributed by atoms with van der Waals surface area (Å²) in [5.41, 5.74) is 0.298. The summed E-state index contributed by atoms with van der Waals surface area (Å²) in [5.74, 6) is 0.382. The van der Waals surface area contributed by atoms with Gasteiger partial charge in [-0.2, -0.15) is 13.2 Å². The van der Waals surface area contributed by atoms with Crippen molar-refractivity contribution < 1.29 is 22.7 Å². The highest BCUT2D eigenvalue weighted by atomic mass is 19.4. The highest BCUT2D eigenvalue weighted by Crippen LogP contribution is 2.31. The van der Waals surface area contributed by atoms with Crippen LogP contribution in [0.2, 0.25) is 0 Å². The molecule has 2 aromatic heterocycles. The van der Waals surface area contributed by atoms with Gasteiger partial charge in [-0.25, -0.2) is 9.97 Å². The Bertz CT molecular complexity index is 1090. The van der Waals surface area contributed by atoms with Crippen LogP contribution in [-0.2, 0) is 6.18 Å². The first-order valence-corrected chi connectivity index (χ1v) is 9.52. The van der Waals surface area contributed by atoms with E-state index in [4.69, 9.17) is 4.74 Å². The van der Waals surface area contributed by atoms with Gasteiger partial charge in [0, 0.05) is 30.7 Å². The molecular weight excluding hydrogens is 395 g/mol. The fraction of sp³-hybridized carbons (Fsp3) is 0.318. The van der Waals surface area contributed by atoms with Gasteiger partial charge in [0.15, 0.2) is 0 Å². The maximum atomic E-state index is 12.7. The molecule has 1 aromatic carbocycles. The molecule has 0 spiro atoms. The van der Waals surface area contributed by atoms with Gasteiger partial charge < -0.3 is 9.64 Å². The standard InChI is InChI=1S/C22H20F3N3O2/c1-21(2)9-10-28(13-21)20(29)18-6-3-14-11-16(5-7-17(14)27-18)30-19-8-4-15(12-26-19)22(23,24)25/h3-8,11-12H,9-10,13H2,1-2H3. The molecule has 0 bridgehead atoms. The van der Waals surface area contributed by atoms with E-state index in [1.165, 1.54) is 6.07 Å². The Hall–Kier alpha value is -3.16. The molecule has 1 saturated heterocycles. The molecule has 0 aliphatic carbocycles. The van der Waals surface area contributed by atoms with Crippen LogP contribution in [0.1, 0.15) is 36.3 Å². The molecule has 1 fully saturated rings. The van der Waals surface area contributed by atoms with E-state index in [-0.39, 0.29) is 17.2 Å². The lowest BCUT2D eigenvalue weighted by molar-refractivity contribution is -0.137. The zero-order chi connectivity index (χ0) is 21.5. The van der Waals surface area contributed by atoms with Gasteiger partial charge in [0.25, 0.3) is 5.91 Å². The molecule has 30 heavy (non-hydrogen) atoms. The molecule has 0 unspecified atom stereocenters. The summed E-state index contributed by atoms with van der Waals surface area (Å²) in [7, 11) is 0. The van der Waals surface area contributed by atoms with Gasteiger partial charge in [0.05, 0.1) is 11.1 Å². The van der Waals surface area contributed by atoms with Crippen LogP contribution in [-0.4, -0.2) is 33.9 Å². The number of hydrogen-bond acceptors (Lipinski definition) is 4. The minimum absolute atomic E-state index is 0.0544. The molecule has 0 radical (unpaired) electrons. The van der Waals surface area contributed by atoms with Crippen molar-refractivity contribution in [1.29, 1.82) is 0 Å². The fourth-order valence-electron chi connectivity index (χ4n) is 3.46. The predicted octanol–water partition coefficient (Wildman–Crippen LogP) is 5.31. The minimum atomic E-state index is -4.44. The Labute approximate surface area is 171 Å². The number of fused-ring (bicyclic) bond motifs is 1. The van der Waals surface area contributed by atoms with Crippen LogP contribution in [0.15, 0.2) is 48.7 Å². The lowest BCUT2D eigenvalue weighted by Crippen LogP contribution is -2.30. The lowest BCUT2D eigenvalue weighted by Gasteiger charge is -2.19. The minimum Gasteiger partial charge on any atom is -0.439 e. The normalized spacial score (nSPS) is 16.1. The molecule has 0 atom stereocenters. The zero-order valence-corrected chi connectivity index (χ0v) is 16.5. The van der Waals surface area contributed by atoms with Crippen LogP contribution in [0.25, 0.3) is 10.9 Å². The molecule has 1 aliphatic heterocycles. The first-order chi connectivity index (χ1) is 14.1. The molecule has 0 N–H and O–H groups in total. The van der Waals surface area contributed by atoms with Crippen molar-refractivity contribution in [1.82, 2.24) is 14.9 Å². The van der Waals surface area contributed by atoms with E-state index >= 15 is 0 Å². The average Bonchev–Trinajstić information content (AvgIpc) is 3.06. The van der Waals surface area contributed by atoms with E-state index in [2.05, 4.69) is 23.8 Å². The summed E-state index contributed by atoms with van der Waals surface area (Å²) in [6.07, 6.45) is -2.75. The summed E-state index contributed by atoms with van der Waals surface area (Å²) >= 11 is 0. The summed E-state index contributed by atoms with van der Waals surface area (Å²) in [6, 6.07) is 10.6. The van der Waals surface area contributed by atoms with E-state index in [0.717, 1.165) is 30.6 Å². The molecule has 4 rings (SSSR count). The number of benzene rings is 1. The molecule has 3 aromatic rings. The van der Waals surface area contributed by atoms with Crippen LogP contribution in [0.5, 0.6) is 11.6 Å². The topological polar surface area (TPSA) is 55.3 Å². The van der Waals surface area contributed by atoms with Gasteiger partial charge in [-0.05, 0) is 42.2 Å². The summed E-state index contributed by atoms with van der Waals surface area (Å²) in [6.45, 7) is 5.71. The largest absolute Gasteiger partial charge is 0.439 e. The van der Waals surface area contributed by atoms with E-state index in [9.17, 15) is 18.0 Å². The molecule has 5 nitrogen and oxygen atoms in total. The second-order valence-electron chi connectivity index (χ2n) is 8.18. The smallest absolute Gasteiger partial charge is 0.417 e. The Balaban J connectivity index is 1.51. The third-order valence-electron chi connectivity index (χ3n) is 5.13. The number of rotatable bonds is 3. The number of ether oxygens (including phenoxy) is 1. The Morgan fingerprint density at radius 2 is 1.93 bits per heavy atom.